The second kappa shape index (κ2) is 7.60. The van der Waals surface area contributed by atoms with Crippen molar-refractivity contribution in [3.63, 3.8) is 0 Å². The van der Waals surface area contributed by atoms with E-state index in [2.05, 4.69) is 12.1 Å². The van der Waals surface area contributed by atoms with E-state index in [1.165, 1.54) is 0 Å². The van der Waals surface area contributed by atoms with E-state index in [-0.39, 0.29) is 50.3 Å². The van der Waals surface area contributed by atoms with Crippen LogP contribution >= 0.6 is 0 Å². The normalized spacial score (nSPS) is 14.0. The fourth-order valence-electron chi connectivity index (χ4n) is 2.43. The molecule has 3 aromatic carbocycles. The van der Waals surface area contributed by atoms with Crippen LogP contribution in [0.3, 0.4) is 0 Å². The van der Waals surface area contributed by atoms with Crippen molar-refractivity contribution in [2.45, 2.75) is 0 Å². The fraction of sp³-hybridized carbons (Fsp3) is 0. The van der Waals surface area contributed by atoms with Gasteiger partial charge in [0.1, 0.15) is 0 Å². The molecule has 0 saturated carbocycles. The first-order valence-corrected chi connectivity index (χ1v) is 9.88. The van der Waals surface area contributed by atoms with Crippen LogP contribution in [0.1, 0.15) is 6.85 Å². The smallest absolute Gasteiger partial charge is 0.112 e. The fourth-order valence-corrected chi connectivity index (χ4v) is 4.72. The van der Waals surface area contributed by atoms with Gasteiger partial charge in [0.15, 0.2) is 0 Å². The Morgan fingerprint density at radius 2 is 1.16 bits per heavy atom. The summed E-state index contributed by atoms with van der Waals surface area (Å²) in [5.74, 6) is 0. The Hall–Kier alpha value is -1.82. The van der Waals surface area contributed by atoms with Crippen molar-refractivity contribution in [3.8, 4) is 11.1 Å². The zero-order valence-corrected chi connectivity index (χ0v) is 15.0. The van der Waals surface area contributed by atoms with E-state index < -0.39 is 10.2 Å². The van der Waals surface area contributed by atoms with Crippen molar-refractivity contribution in [1.82, 2.24) is 0 Å². The minimum absolute atomic E-state index is 0.129. The molecule has 0 radical (unpaired) electrons. The number of benzene rings is 3. The molecule has 0 spiro atoms. The Morgan fingerprint density at radius 3 is 1.64 bits per heavy atom. The van der Waals surface area contributed by atoms with Gasteiger partial charge in [0, 0.05) is 0 Å². The number of halogens is 1. The van der Waals surface area contributed by atoms with Crippen LogP contribution < -0.4 is 18.6 Å². The van der Waals surface area contributed by atoms with E-state index in [9.17, 15) is 0 Å². The Labute approximate surface area is 159 Å². The first-order valence-electron chi connectivity index (χ1n) is 9.43. The predicted molar refractivity (Wildman–Crippen MR) is 88.2 cm³/mol. The number of hydrogen-bond donors (Lipinski definition) is 0. The molecule has 0 N–H and O–H groups in total. The topological polar surface area (TPSA) is 92.2 Å². The molecule has 0 unspecified atom stereocenters. The molecule has 0 aliphatic heterocycles. The maximum Gasteiger partial charge on any atom is -0.112 e. The average molecular weight is 425 g/mol. The van der Waals surface area contributed by atoms with E-state index in [1.807, 2.05) is 36.4 Å². The molecule has 0 aliphatic rings. The van der Waals surface area contributed by atoms with Crippen LogP contribution in [0.5, 0.6) is 0 Å². The summed E-state index contributed by atoms with van der Waals surface area (Å²) in [5, 5.41) is 1.92. The van der Waals surface area contributed by atoms with Crippen LogP contribution in [0.25, 0.3) is 30.4 Å². The van der Waals surface area contributed by atoms with Gasteiger partial charge in [-0.15, -0.1) is 10.2 Å². The molecule has 4 aromatic rings. The molecule has 0 aliphatic carbocycles. The molecular weight excluding hydrogens is 407 g/mol. The molecular formula is C19H13ClO4Se. The minimum Gasteiger partial charge on any atom is -0.222 e. The second-order valence-corrected chi connectivity index (χ2v) is 7.88. The summed E-state index contributed by atoms with van der Waals surface area (Å²) < 4.78 is 76.9. The van der Waals surface area contributed by atoms with Gasteiger partial charge in [-0.25, -0.2) is 18.6 Å². The summed E-state index contributed by atoms with van der Waals surface area (Å²) >= 11 is 0.129. The summed E-state index contributed by atoms with van der Waals surface area (Å²) in [6.07, 6.45) is 0. The summed E-state index contributed by atoms with van der Waals surface area (Å²) in [6.45, 7) is 0. The SMILES string of the molecule is [2H]c1c([2H])c([2H])c(-c2c3ccccc3[se+]c3ccccc23)c([2H])c1[2H].[O-][Cl+3]([O-])([O-])[O-]. The number of rotatable bonds is 1. The average Bonchev–Trinajstić information content (AvgIpc) is 2.69. The molecule has 0 saturated heterocycles. The summed E-state index contributed by atoms with van der Waals surface area (Å²) in [5.41, 5.74) is 1.01. The van der Waals surface area contributed by atoms with Crippen molar-refractivity contribution in [2.24, 2.45) is 0 Å². The van der Waals surface area contributed by atoms with Gasteiger partial charge in [-0.3, -0.25) is 0 Å². The molecule has 126 valence electrons. The van der Waals surface area contributed by atoms with Gasteiger partial charge in [-0.2, -0.15) is 0 Å². The second-order valence-electron chi connectivity index (χ2n) is 4.85. The Bertz CT molecular complexity index is 1170. The molecule has 1 heterocycles. The van der Waals surface area contributed by atoms with Crippen LogP contribution in [0.2, 0.25) is 0 Å². The van der Waals surface area contributed by atoms with E-state index in [1.54, 1.807) is 0 Å². The molecule has 0 amide bonds. The van der Waals surface area contributed by atoms with Crippen LogP contribution in [0.15, 0.2) is 78.7 Å². The van der Waals surface area contributed by atoms with Crippen molar-refractivity contribution in [1.29, 1.82) is 0 Å². The molecule has 4 rings (SSSR count). The van der Waals surface area contributed by atoms with Gasteiger partial charge in [-0.05, 0) is 0 Å². The van der Waals surface area contributed by atoms with Gasteiger partial charge in [-0.1, -0.05) is 0 Å². The maximum absolute atomic E-state index is 8.49. The maximum atomic E-state index is 8.49. The molecule has 0 atom stereocenters. The zero-order chi connectivity index (χ0) is 22.2. The molecule has 4 nitrogen and oxygen atoms in total. The van der Waals surface area contributed by atoms with Crippen molar-refractivity contribution in [3.05, 3.63) is 78.7 Å². The Kier molecular flexibility index (Phi) is 3.81. The van der Waals surface area contributed by atoms with Gasteiger partial charge in [0.2, 0.25) is 0 Å². The summed E-state index contributed by atoms with van der Waals surface area (Å²) in [7, 11) is -4.94. The summed E-state index contributed by atoms with van der Waals surface area (Å²) in [4.78, 5) is 0. The Morgan fingerprint density at radius 1 is 0.720 bits per heavy atom. The third-order valence-electron chi connectivity index (χ3n) is 3.28. The predicted octanol–water partition coefficient (Wildman–Crippen LogP) is 0.242. The van der Waals surface area contributed by atoms with E-state index in [4.69, 9.17) is 25.5 Å². The molecule has 0 bridgehead atoms. The Balaban J connectivity index is 0.000000461. The quantitative estimate of drug-likeness (QED) is 0.323. The molecule has 6 heteroatoms. The summed E-state index contributed by atoms with van der Waals surface area (Å²) in [6, 6.07) is 14.6. The first-order chi connectivity index (χ1) is 14.0. The standard InChI is InChI=1S/C19H13Se.ClHO4/c1-2-8-14(9-3-1)19-15-10-4-6-12-17(15)20-18-13-7-5-11-16(18)19;2-1(3,4)5/h1-13H;(H,2,3,4,5)/q+1;/p-1/i1D,2D,3D,8D,9D;. The third-order valence-corrected chi connectivity index (χ3v) is 5.70. The molecule has 1 aromatic heterocycles. The van der Waals surface area contributed by atoms with Gasteiger partial charge >= 0.3 is 131 Å². The third kappa shape index (κ3) is 4.63. The van der Waals surface area contributed by atoms with E-state index in [0.717, 1.165) is 24.9 Å². The number of hydrogen-bond acceptors (Lipinski definition) is 4. The van der Waals surface area contributed by atoms with E-state index >= 15 is 0 Å². The first kappa shape index (κ1) is 12.5. The monoisotopic (exact) mass is 425 g/mol. The van der Waals surface area contributed by atoms with Crippen LogP contribution in [-0.2, 0) is 0 Å². The van der Waals surface area contributed by atoms with Gasteiger partial charge < -0.3 is 0 Å². The zero-order valence-electron chi connectivity index (χ0n) is 17.5. The van der Waals surface area contributed by atoms with Crippen molar-refractivity contribution < 1.29 is 35.7 Å². The minimum atomic E-state index is -4.94. The largest absolute Gasteiger partial charge is 0.222 e. The van der Waals surface area contributed by atoms with Gasteiger partial charge in [0.25, 0.3) is 0 Å². The van der Waals surface area contributed by atoms with Crippen LogP contribution in [0, 0.1) is 10.2 Å². The van der Waals surface area contributed by atoms with Gasteiger partial charge in [0.05, 0.1) is 0 Å². The molecule has 25 heavy (non-hydrogen) atoms. The van der Waals surface area contributed by atoms with Crippen molar-refractivity contribution in [2.75, 3.05) is 0 Å². The molecule has 0 fully saturated rings. The van der Waals surface area contributed by atoms with E-state index in [0.29, 0.717) is 0 Å². The van der Waals surface area contributed by atoms with Crippen LogP contribution in [0.4, 0.5) is 0 Å². The number of fused-ring (bicyclic) bond motifs is 2. The van der Waals surface area contributed by atoms with Crippen molar-refractivity contribution >= 4 is 33.8 Å². The van der Waals surface area contributed by atoms with Crippen LogP contribution in [-0.4, -0.2) is 14.5 Å².